The van der Waals surface area contributed by atoms with Gasteiger partial charge in [-0.1, -0.05) is 0 Å². The first kappa shape index (κ1) is 21.9. The Morgan fingerprint density at radius 3 is 2.45 bits per heavy atom. The monoisotopic (exact) mass is 426 g/mol. The summed E-state index contributed by atoms with van der Waals surface area (Å²) in [4.78, 5) is 7.03. The average molecular weight is 426 g/mol. The number of guanidine groups is 1. The molecule has 0 radical (unpaired) electrons. The Balaban J connectivity index is 0.00000441. The molecule has 1 fully saturated rings. The van der Waals surface area contributed by atoms with Gasteiger partial charge in [-0.05, 0) is 66.1 Å². The number of nitrogens with one attached hydrogen (secondary N) is 2. The number of aliphatic imine (C=N–C) groups is 1. The highest BCUT2D eigenvalue weighted by molar-refractivity contribution is 14.0. The molecule has 132 valence electrons. The Kier molecular flexibility index (Phi) is 11.4. The van der Waals surface area contributed by atoms with Crippen LogP contribution in [0.15, 0.2) is 4.99 Å². The average Bonchev–Trinajstić information content (AvgIpc) is 2.47. The molecular weight excluding hydrogens is 391 g/mol. The third-order valence-corrected chi connectivity index (χ3v) is 4.20. The Hall–Kier alpha value is -0.0800. The van der Waals surface area contributed by atoms with Gasteiger partial charge in [0.2, 0.25) is 0 Å². The first-order valence-corrected chi connectivity index (χ1v) is 8.22. The molecule has 0 bridgehead atoms. The maximum atomic E-state index is 5.41. The van der Waals surface area contributed by atoms with Gasteiger partial charge < -0.3 is 20.3 Å². The van der Waals surface area contributed by atoms with E-state index in [1.165, 1.54) is 32.4 Å². The number of methoxy groups -OCH3 is 1. The minimum Gasteiger partial charge on any atom is -0.377 e. The zero-order valence-corrected chi connectivity index (χ0v) is 17.3. The minimum absolute atomic E-state index is 0. The Morgan fingerprint density at radius 2 is 1.91 bits per heavy atom. The molecule has 6 heteroatoms. The number of piperidine rings is 1. The molecule has 1 aliphatic rings. The standard InChI is InChI=1S/C16H34N4O.HI/c1-6-17-15(19-13-16(2,3)21-5)18-10-7-14-8-11-20(4)12-9-14;/h14H,6-13H2,1-5H3,(H2,17,18,19);1H. The maximum absolute atomic E-state index is 5.41. The second-order valence-corrected chi connectivity index (χ2v) is 6.62. The van der Waals surface area contributed by atoms with Crippen LogP contribution in [0.5, 0.6) is 0 Å². The predicted molar refractivity (Wildman–Crippen MR) is 105 cm³/mol. The molecule has 1 saturated heterocycles. The van der Waals surface area contributed by atoms with Crippen LogP contribution in [-0.4, -0.2) is 63.3 Å². The van der Waals surface area contributed by atoms with Gasteiger partial charge in [0.1, 0.15) is 0 Å². The lowest BCUT2D eigenvalue weighted by molar-refractivity contribution is 0.0310. The van der Waals surface area contributed by atoms with Gasteiger partial charge in [0.25, 0.3) is 0 Å². The van der Waals surface area contributed by atoms with Gasteiger partial charge in [0, 0.05) is 20.2 Å². The molecule has 2 N–H and O–H groups in total. The van der Waals surface area contributed by atoms with Crippen molar-refractivity contribution in [1.29, 1.82) is 0 Å². The quantitative estimate of drug-likeness (QED) is 0.373. The normalized spacial score (nSPS) is 18.0. The van der Waals surface area contributed by atoms with E-state index in [9.17, 15) is 0 Å². The molecule has 0 unspecified atom stereocenters. The number of hydrogen-bond donors (Lipinski definition) is 2. The molecule has 0 saturated carbocycles. The van der Waals surface area contributed by atoms with E-state index in [-0.39, 0.29) is 29.6 Å². The Morgan fingerprint density at radius 1 is 1.27 bits per heavy atom. The highest BCUT2D eigenvalue weighted by atomic mass is 127. The molecule has 22 heavy (non-hydrogen) atoms. The van der Waals surface area contributed by atoms with Crippen LogP contribution < -0.4 is 10.6 Å². The molecule has 0 aromatic heterocycles. The summed E-state index contributed by atoms with van der Waals surface area (Å²) in [5.74, 6) is 1.75. The van der Waals surface area contributed by atoms with Crippen molar-refractivity contribution in [3.63, 3.8) is 0 Å². The van der Waals surface area contributed by atoms with Gasteiger partial charge in [-0.25, -0.2) is 0 Å². The van der Waals surface area contributed by atoms with Crippen LogP contribution in [0.1, 0.15) is 40.0 Å². The molecule has 0 aromatic rings. The van der Waals surface area contributed by atoms with Crippen LogP contribution in [0.2, 0.25) is 0 Å². The third kappa shape index (κ3) is 9.15. The molecule has 0 spiro atoms. The van der Waals surface area contributed by atoms with Crippen molar-refractivity contribution in [3.8, 4) is 0 Å². The van der Waals surface area contributed by atoms with Crippen LogP contribution in [-0.2, 0) is 4.74 Å². The fourth-order valence-corrected chi connectivity index (χ4v) is 2.42. The minimum atomic E-state index is -0.212. The van der Waals surface area contributed by atoms with Crippen LogP contribution in [0.25, 0.3) is 0 Å². The Labute approximate surface area is 153 Å². The van der Waals surface area contributed by atoms with Gasteiger partial charge in [0.15, 0.2) is 5.96 Å². The van der Waals surface area contributed by atoms with Crippen molar-refractivity contribution in [2.45, 2.75) is 45.6 Å². The number of nitrogens with zero attached hydrogens (tertiary/aromatic N) is 2. The lowest BCUT2D eigenvalue weighted by atomic mass is 9.94. The lowest BCUT2D eigenvalue weighted by Gasteiger charge is -2.29. The summed E-state index contributed by atoms with van der Waals surface area (Å²) in [6.45, 7) is 11.2. The summed E-state index contributed by atoms with van der Waals surface area (Å²) in [5, 5.41) is 6.74. The Bertz CT molecular complexity index is 315. The highest BCUT2D eigenvalue weighted by Crippen LogP contribution is 2.18. The summed E-state index contributed by atoms with van der Waals surface area (Å²) in [6.07, 6.45) is 3.87. The fraction of sp³-hybridized carbons (Fsp3) is 0.938. The van der Waals surface area contributed by atoms with Crippen LogP contribution in [0, 0.1) is 5.92 Å². The number of hydrogen-bond acceptors (Lipinski definition) is 3. The number of rotatable bonds is 7. The van der Waals surface area contributed by atoms with Gasteiger partial charge in [-0.2, -0.15) is 0 Å². The number of halogens is 1. The SMILES string of the molecule is CCNC(=NCC(C)(C)OC)NCCC1CCN(C)CC1.I. The molecular formula is C16H35IN4O. The fourth-order valence-electron chi connectivity index (χ4n) is 2.42. The van der Waals surface area contributed by atoms with E-state index in [2.05, 4.69) is 48.3 Å². The van der Waals surface area contributed by atoms with Gasteiger partial charge >= 0.3 is 0 Å². The largest absolute Gasteiger partial charge is 0.377 e. The molecule has 1 aliphatic heterocycles. The summed E-state index contributed by atoms with van der Waals surface area (Å²) in [5.41, 5.74) is -0.212. The zero-order chi connectivity index (χ0) is 15.7. The summed E-state index contributed by atoms with van der Waals surface area (Å²) < 4.78 is 5.41. The molecule has 0 amide bonds. The van der Waals surface area contributed by atoms with Gasteiger partial charge in [-0.15, -0.1) is 24.0 Å². The molecule has 1 rings (SSSR count). The van der Waals surface area contributed by atoms with E-state index in [4.69, 9.17) is 4.74 Å². The molecule has 5 nitrogen and oxygen atoms in total. The second-order valence-electron chi connectivity index (χ2n) is 6.62. The van der Waals surface area contributed by atoms with Crippen molar-refractivity contribution in [2.24, 2.45) is 10.9 Å². The first-order valence-electron chi connectivity index (χ1n) is 8.22. The lowest BCUT2D eigenvalue weighted by Crippen LogP contribution is -2.40. The molecule has 0 atom stereocenters. The van der Waals surface area contributed by atoms with E-state index in [0.717, 1.165) is 25.0 Å². The zero-order valence-electron chi connectivity index (χ0n) is 14.9. The summed E-state index contributed by atoms with van der Waals surface area (Å²) in [6, 6.07) is 0. The highest BCUT2D eigenvalue weighted by Gasteiger charge is 2.17. The first-order chi connectivity index (χ1) is 9.96. The van der Waals surface area contributed by atoms with E-state index < -0.39 is 0 Å². The predicted octanol–water partition coefficient (Wildman–Crippen LogP) is 2.32. The third-order valence-electron chi connectivity index (χ3n) is 4.20. The van der Waals surface area contributed by atoms with Gasteiger partial charge in [0.05, 0.1) is 12.1 Å². The molecule has 0 aromatic carbocycles. The van der Waals surface area contributed by atoms with Gasteiger partial charge in [-0.3, -0.25) is 4.99 Å². The number of likely N-dealkylation sites (tertiary alicyclic amines) is 1. The van der Waals surface area contributed by atoms with E-state index in [1.54, 1.807) is 7.11 Å². The number of ether oxygens (including phenoxy) is 1. The maximum Gasteiger partial charge on any atom is 0.191 e. The summed E-state index contributed by atoms with van der Waals surface area (Å²) >= 11 is 0. The van der Waals surface area contributed by atoms with Crippen LogP contribution in [0.4, 0.5) is 0 Å². The van der Waals surface area contributed by atoms with Crippen LogP contribution in [0.3, 0.4) is 0 Å². The molecule has 1 heterocycles. The smallest absolute Gasteiger partial charge is 0.191 e. The topological polar surface area (TPSA) is 48.9 Å². The van der Waals surface area contributed by atoms with Crippen molar-refractivity contribution < 1.29 is 4.74 Å². The van der Waals surface area contributed by atoms with Crippen molar-refractivity contribution in [3.05, 3.63) is 0 Å². The second kappa shape index (κ2) is 11.5. The summed E-state index contributed by atoms with van der Waals surface area (Å²) in [7, 11) is 3.94. The van der Waals surface area contributed by atoms with Crippen molar-refractivity contribution in [1.82, 2.24) is 15.5 Å². The van der Waals surface area contributed by atoms with Crippen molar-refractivity contribution in [2.75, 3.05) is 46.9 Å². The van der Waals surface area contributed by atoms with Crippen molar-refractivity contribution >= 4 is 29.9 Å². The van der Waals surface area contributed by atoms with Crippen LogP contribution >= 0.6 is 24.0 Å². The molecule has 0 aliphatic carbocycles. The van der Waals surface area contributed by atoms with E-state index in [1.807, 2.05) is 0 Å². The van der Waals surface area contributed by atoms with E-state index >= 15 is 0 Å². The van der Waals surface area contributed by atoms with E-state index in [0.29, 0.717) is 6.54 Å².